The summed E-state index contributed by atoms with van der Waals surface area (Å²) in [6.45, 7) is 7.75. The molecule has 4 heteroatoms. The van der Waals surface area contributed by atoms with Crippen molar-refractivity contribution in [3.8, 4) is 0 Å². The second-order valence-electron chi connectivity index (χ2n) is 5.14. The number of hydrogen-bond acceptors (Lipinski definition) is 3. The summed E-state index contributed by atoms with van der Waals surface area (Å²) in [5.74, 6) is 0.0968. The average Bonchev–Trinajstić information content (AvgIpc) is 2.42. The lowest BCUT2D eigenvalue weighted by Crippen LogP contribution is -2.48. The number of hydrogen-bond donors (Lipinski definition) is 2. The zero-order valence-electron chi connectivity index (χ0n) is 12.0. The molecule has 0 aliphatic carbocycles. The Balaban J connectivity index is 2.22. The first-order valence-corrected chi connectivity index (χ1v) is 7.32. The van der Waals surface area contributed by atoms with Crippen molar-refractivity contribution in [1.82, 2.24) is 10.6 Å². The van der Waals surface area contributed by atoms with Crippen molar-refractivity contribution in [1.29, 1.82) is 0 Å². The Morgan fingerprint density at radius 2 is 2.06 bits per heavy atom. The predicted octanol–water partition coefficient (Wildman–Crippen LogP) is 1.84. The van der Waals surface area contributed by atoms with Crippen LogP contribution in [0.25, 0.3) is 0 Å². The van der Waals surface area contributed by atoms with Crippen LogP contribution in [0, 0.1) is 0 Å². The zero-order valence-corrected chi connectivity index (χ0v) is 12.0. The lowest BCUT2D eigenvalue weighted by Gasteiger charge is -2.25. The van der Waals surface area contributed by atoms with E-state index >= 15 is 0 Å². The molecule has 0 spiro atoms. The second-order valence-corrected chi connectivity index (χ2v) is 5.14. The van der Waals surface area contributed by atoms with Crippen LogP contribution in [-0.4, -0.2) is 37.2 Å². The third-order valence-electron chi connectivity index (χ3n) is 3.65. The number of carbonyl (C=O) groups is 1. The van der Waals surface area contributed by atoms with Gasteiger partial charge in [-0.3, -0.25) is 4.79 Å². The third kappa shape index (κ3) is 5.36. The third-order valence-corrected chi connectivity index (χ3v) is 3.65. The van der Waals surface area contributed by atoms with Crippen LogP contribution < -0.4 is 10.6 Å². The predicted molar refractivity (Wildman–Crippen MR) is 73.6 cm³/mol. The van der Waals surface area contributed by atoms with Crippen LogP contribution in [-0.2, 0) is 9.53 Å². The molecule has 1 fully saturated rings. The van der Waals surface area contributed by atoms with Crippen molar-refractivity contribution in [2.75, 3.05) is 13.2 Å². The van der Waals surface area contributed by atoms with Gasteiger partial charge in [0, 0.05) is 19.2 Å². The van der Waals surface area contributed by atoms with Gasteiger partial charge in [-0.05, 0) is 39.0 Å². The minimum absolute atomic E-state index is 0.0968. The van der Waals surface area contributed by atoms with Crippen LogP contribution >= 0.6 is 0 Å². The van der Waals surface area contributed by atoms with E-state index in [1.165, 1.54) is 12.8 Å². The molecule has 1 aliphatic rings. The Morgan fingerprint density at radius 3 is 2.61 bits per heavy atom. The molecule has 0 aromatic heterocycles. The topological polar surface area (TPSA) is 50.4 Å². The van der Waals surface area contributed by atoms with E-state index in [1.54, 1.807) is 0 Å². The fourth-order valence-corrected chi connectivity index (χ4v) is 2.19. The largest absolute Gasteiger partial charge is 0.377 e. The Hall–Kier alpha value is -0.610. The Labute approximate surface area is 111 Å². The van der Waals surface area contributed by atoms with Gasteiger partial charge in [0.25, 0.3) is 0 Å². The van der Waals surface area contributed by atoms with Crippen molar-refractivity contribution < 1.29 is 9.53 Å². The first kappa shape index (κ1) is 15.4. The summed E-state index contributed by atoms with van der Waals surface area (Å²) in [5.41, 5.74) is 0. The molecule has 106 valence electrons. The fraction of sp³-hybridized carbons (Fsp3) is 0.929. The Morgan fingerprint density at radius 1 is 1.33 bits per heavy atom. The first-order chi connectivity index (χ1) is 8.67. The average molecular weight is 256 g/mol. The zero-order chi connectivity index (χ0) is 13.4. The van der Waals surface area contributed by atoms with E-state index in [9.17, 15) is 4.79 Å². The summed E-state index contributed by atoms with van der Waals surface area (Å²) < 4.78 is 5.64. The normalized spacial score (nSPS) is 21.9. The summed E-state index contributed by atoms with van der Waals surface area (Å²) in [7, 11) is 0. The Kier molecular flexibility index (Phi) is 7.28. The van der Waals surface area contributed by atoms with Gasteiger partial charge in [0.15, 0.2) is 0 Å². The smallest absolute Gasteiger partial charge is 0.237 e. The quantitative estimate of drug-likeness (QED) is 0.731. The molecule has 0 aromatic carbocycles. The van der Waals surface area contributed by atoms with Gasteiger partial charge in [-0.2, -0.15) is 0 Å². The molecule has 0 bridgehead atoms. The van der Waals surface area contributed by atoms with Crippen LogP contribution in [0.5, 0.6) is 0 Å². The van der Waals surface area contributed by atoms with Gasteiger partial charge in [0.1, 0.15) is 0 Å². The van der Waals surface area contributed by atoms with Crippen molar-refractivity contribution in [2.24, 2.45) is 0 Å². The molecule has 1 rings (SSSR count). The van der Waals surface area contributed by atoms with Crippen LogP contribution in [0.1, 0.15) is 52.9 Å². The molecule has 4 nitrogen and oxygen atoms in total. The molecular weight excluding hydrogens is 228 g/mol. The van der Waals surface area contributed by atoms with Gasteiger partial charge in [-0.25, -0.2) is 0 Å². The van der Waals surface area contributed by atoms with Gasteiger partial charge in [-0.15, -0.1) is 0 Å². The molecule has 1 heterocycles. The Bertz CT molecular complexity index is 236. The molecule has 18 heavy (non-hydrogen) atoms. The molecule has 1 saturated heterocycles. The van der Waals surface area contributed by atoms with Crippen LogP contribution in [0.15, 0.2) is 0 Å². The lowest BCUT2D eigenvalue weighted by molar-refractivity contribution is -0.123. The van der Waals surface area contributed by atoms with E-state index in [0.717, 1.165) is 32.4 Å². The number of ether oxygens (including phenoxy) is 1. The molecule has 2 atom stereocenters. The van der Waals surface area contributed by atoms with E-state index in [-0.39, 0.29) is 18.1 Å². The number of rotatable bonds is 7. The minimum atomic E-state index is -0.142. The van der Waals surface area contributed by atoms with E-state index in [1.807, 2.05) is 6.92 Å². The molecular formula is C14H28N2O2. The lowest BCUT2D eigenvalue weighted by atomic mass is 10.1. The molecule has 1 amide bonds. The standard InChI is InChI=1S/C14H28N2O2/c1-4-12(5-2)16-14(17)11(3)15-10-13-8-6-7-9-18-13/h11-13,15H,4-10H2,1-3H3,(H,16,17). The fourth-order valence-electron chi connectivity index (χ4n) is 2.19. The van der Waals surface area contributed by atoms with Crippen LogP contribution in [0.4, 0.5) is 0 Å². The van der Waals surface area contributed by atoms with E-state index in [0.29, 0.717) is 6.04 Å². The summed E-state index contributed by atoms with van der Waals surface area (Å²) in [6, 6.07) is 0.156. The summed E-state index contributed by atoms with van der Waals surface area (Å²) in [5, 5.41) is 6.33. The number of nitrogens with one attached hydrogen (secondary N) is 2. The SMILES string of the molecule is CCC(CC)NC(=O)C(C)NCC1CCCCO1. The minimum Gasteiger partial charge on any atom is -0.377 e. The van der Waals surface area contributed by atoms with Gasteiger partial charge in [0.05, 0.1) is 12.1 Å². The van der Waals surface area contributed by atoms with E-state index < -0.39 is 0 Å². The van der Waals surface area contributed by atoms with Crippen LogP contribution in [0.2, 0.25) is 0 Å². The van der Waals surface area contributed by atoms with Crippen LogP contribution in [0.3, 0.4) is 0 Å². The van der Waals surface area contributed by atoms with Gasteiger partial charge in [0.2, 0.25) is 5.91 Å². The molecule has 0 aromatic rings. The van der Waals surface area contributed by atoms with Crippen molar-refractivity contribution in [2.45, 2.75) is 71.1 Å². The van der Waals surface area contributed by atoms with Crippen molar-refractivity contribution in [3.63, 3.8) is 0 Å². The second kappa shape index (κ2) is 8.48. The monoisotopic (exact) mass is 256 g/mol. The highest BCUT2D eigenvalue weighted by atomic mass is 16.5. The van der Waals surface area contributed by atoms with Crippen molar-refractivity contribution >= 4 is 5.91 Å². The molecule has 0 saturated carbocycles. The maximum Gasteiger partial charge on any atom is 0.237 e. The maximum absolute atomic E-state index is 11.9. The van der Waals surface area contributed by atoms with Gasteiger partial charge >= 0.3 is 0 Å². The highest BCUT2D eigenvalue weighted by Crippen LogP contribution is 2.11. The molecule has 2 N–H and O–H groups in total. The summed E-state index contributed by atoms with van der Waals surface area (Å²) in [4.78, 5) is 11.9. The first-order valence-electron chi connectivity index (χ1n) is 7.32. The van der Waals surface area contributed by atoms with Crippen molar-refractivity contribution in [3.05, 3.63) is 0 Å². The highest BCUT2D eigenvalue weighted by Gasteiger charge is 2.18. The molecule has 0 radical (unpaired) electrons. The molecule has 2 unspecified atom stereocenters. The maximum atomic E-state index is 11.9. The van der Waals surface area contributed by atoms with E-state index in [2.05, 4.69) is 24.5 Å². The van der Waals surface area contributed by atoms with Gasteiger partial charge in [-0.1, -0.05) is 13.8 Å². The molecule has 1 aliphatic heterocycles. The summed E-state index contributed by atoms with van der Waals surface area (Å²) >= 11 is 0. The van der Waals surface area contributed by atoms with E-state index in [4.69, 9.17) is 4.74 Å². The van der Waals surface area contributed by atoms with Gasteiger partial charge < -0.3 is 15.4 Å². The highest BCUT2D eigenvalue weighted by molar-refractivity contribution is 5.81. The number of carbonyl (C=O) groups excluding carboxylic acids is 1. The summed E-state index contributed by atoms with van der Waals surface area (Å²) in [6.07, 6.45) is 5.76. The number of amides is 1.